The lowest BCUT2D eigenvalue weighted by Gasteiger charge is -2.12. The van der Waals surface area contributed by atoms with Crippen LogP contribution in [0.2, 0.25) is 5.02 Å². The summed E-state index contributed by atoms with van der Waals surface area (Å²) in [6.07, 6.45) is 0. The van der Waals surface area contributed by atoms with Crippen LogP contribution >= 0.6 is 11.6 Å². The summed E-state index contributed by atoms with van der Waals surface area (Å²) in [5.41, 5.74) is 2.85. The number of carbonyl (C=O) groups excluding carboxylic acids is 3. The molecule has 186 valence electrons. The molecule has 0 saturated carbocycles. The van der Waals surface area contributed by atoms with E-state index in [0.29, 0.717) is 41.7 Å². The molecule has 9 heteroatoms. The van der Waals surface area contributed by atoms with Gasteiger partial charge in [-0.25, -0.2) is 4.79 Å². The van der Waals surface area contributed by atoms with Crippen LogP contribution in [0.3, 0.4) is 0 Å². The molecule has 0 fully saturated rings. The van der Waals surface area contributed by atoms with Crippen molar-refractivity contribution in [3.63, 3.8) is 0 Å². The smallest absolute Gasteiger partial charge is 0.354 e. The van der Waals surface area contributed by atoms with E-state index < -0.39 is 5.97 Å². The highest BCUT2D eigenvalue weighted by molar-refractivity contribution is 6.34. The molecule has 0 aliphatic rings. The molecular formula is C26H30ClN3O5. The summed E-state index contributed by atoms with van der Waals surface area (Å²) in [5.74, 6) is -0.998. The predicted octanol–water partition coefficient (Wildman–Crippen LogP) is 4.64. The van der Waals surface area contributed by atoms with E-state index in [9.17, 15) is 14.4 Å². The van der Waals surface area contributed by atoms with E-state index in [0.717, 1.165) is 16.5 Å². The number of hydrogen-bond donors (Lipinski definition) is 2. The average molecular weight is 500 g/mol. The Labute approximate surface area is 209 Å². The molecule has 0 bridgehead atoms. The first kappa shape index (κ1) is 26.2. The molecule has 2 amide bonds. The normalized spacial score (nSPS) is 11.0. The van der Waals surface area contributed by atoms with Crippen molar-refractivity contribution in [1.29, 1.82) is 0 Å². The number of anilines is 1. The van der Waals surface area contributed by atoms with Crippen LogP contribution in [0.25, 0.3) is 10.9 Å². The van der Waals surface area contributed by atoms with Crippen LogP contribution in [0, 0.1) is 5.92 Å². The molecule has 2 aromatic carbocycles. The van der Waals surface area contributed by atoms with Gasteiger partial charge in [0.2, 0.25) is 5.91 Å². The summed E-state index contributed by atoms with van der Waals surface area (Å²) in [6, 6.07) is 12.2. The van der Waals surface area contributed by atoms with Crippen LogP contribution in [-0.4, -0.2) is 42.7 Å². The molecule has 0 unspecified atom stereocenters. The summed E-state index contributed by atoms with van der Waals surface area (Å²) in [4.78, 5) is 37.3. The van der Waals surface area contributed by atoms with Gasteiger partial charge in [-0.1, -0.05) is 31.5 Å². The Balaban J connectivity index is 1.84. The lowest BCUT2D eigenvalue weighted by Crippen LogP contribution is -2.27. The molecule has 1 aromatic heterocycles. The van der Waals surface area contributed by atoms with E-state index in [1.54, 1.807) is 50.4 Å². The van der Waals surface area contributed by atoms with Crippen molar-refractivity contribution in [1.82, 2.24) is 9.88 Å². The lowest BCUT2D eigenvalue weighted by atomic mass is 10.1. The molecule has 35 heavy (non-hydrogen) atoms. The number of amides is 2. The van der Waals surface area contributed by atoms with Gasteiger partial charge in [-0.15, -0.1) is 0 Å². The molecule has 0 radical (unpaired) electrons. The second-order valence-corrected chi connectivity index (χ2v) is 8.72. The van der Waals surface area contributed by atoms with Crippen molar-refractivity contribution < 1.29 is 23.9 Å². The van der Waals surface area contributed by atoms with Gasteiger partial charge in [-0.3, -0.25) is 9.59 Å². The number of aromatic nitrogens is 1. The molecule has 0 aliphatic carbocycles. The zero-order valence-corrected chi connectivity index (χ0v) is 21.1. The average Bonchev–Trinajstić information content (AvgIpc) is 3.19. The summed E-state index contributed by atoms with van der Waals surface area (Å²) < 4.78 is 12.2. The van der Waals surface area contributed by atoms with E-state index in [2.05, 4.69) is 10.6 Å². The fraction of sp³-hybridized carbons (Fsp3) is 0.346. The fourth-order valence-corrected chi connectivity index (χ4v) is 3.80. The number of rotatable bonds is 10. The van der Waals surface area contributed by atoms with Crippen LogP contribution in [0.5, 0.6) is 0 Å². The third kappa shape index (κ3) is 6.41. The second kappa shape index (κ2) is 11.9. The van der Waals surface area contributed by atoms with E-state index in [4.69, 9.17) is 21.1 Å². The first-order valence-corrected chi connectivity index (χ1v) is 11.8. The monoisotopic (exact) mass is 499 g/mol. The van der Waals surface area contributed by atoms with Gasteiger partial charge in [0, 0.05) is 42.7 Å². The van der Waals surface area contributed by atoms with Gasteiger partial charge in [-0.2, -0.15) is 0 Å². The predicted molar refractivity (Wildman–Crippen MR) is 136 cm³/mol. The van der Waals surface area contributed by atoms with Crippen LogP contribution in [0.15, 0.2) is 42.5 Å². The molecular weight excluding hydrogens is 470 g/mol. The molecule has 8 nitrogen and oxygen atoms in total. The number of esters is 1. The van der Waals surface area contributed by atoms with Gasteiger partial charge >= 0.3 is 5.97 Å². The largest absolute Gasteiger partial charge is 0.461 e. The zero-order valence-electron chi connectivity index (χ0n) is 20.3. The maximum absolute atomic E-state index is 13.0. The number of methoxy groups -OCH3 is 1. The first-order valence-electron chi connectivity index (χ1n) is 11.4. The Hall–Kier alpha value is -3.36. The Morgan fingerprint density at radius 3 is 2.54 bits per heavy atom. The van der Waals surface area contributed by atoms with Crippen LogP contribution in [0.4, 0.5) is 5.69 Å². The summed E-state index contributed by atoms with van der Waals surface area (Å²) in [6.45, 7) is 6.87. The van der Waals surface area contributed by atoms with Crippen LogP contribution in [-0.2, 0) is 27.4 Å². The highest BCUT2D eigenvalue weighted by Crippen LogP contribution is 2.26. The molecule has 0 saturated heterocycles. The van der Waals surface area contributed by atoms with Gasteiger partial charge in [0.15, 0.2) is 0 Å². The highest BCUT2D eigenvalue weighted by Gasteiger charge is 2.18. The molecule has 3 rings (SSSR count). The van der Waals surface area contributed by atoms with E-state index in [1.807, 2.05) is 24.5 Å². The number of ether oxygens (including phenoxy) is 2. The lowest BCUT2D eigenvalue weighted by molar-refractivity contribution is -0.124. The number of nitrogens with zero attached hydrogens (tertiary/aromatic N) is 1. The molecule has 0 spiro atoms. The maximum atomic E-state index is 13.0. The Kier molecular flexibility index (Phi) is 8.89. The molecule has 0 aliphatic heterocycles. The van der Waals surface area contributed by atoms with Crippen molar-refractivity contribution in [2.45, 2.75) is 33.9 Å². The highest BCUT2D eigenvalue weighted by atomic mass is 35.5. The van der Waals surface area contributed by atoms with Gasteiger partial charge in [0.25, 0.3) is 5.91 Å². The molecule has 1 heterocycles. The number of halogens is 1. The zero-order chi connectivity index (χ0) is 25.5. The number of nitrogens with one attached hydrogen (secondary N) is 2. The number of hydrogen-bond acceptors (Lipinski definition) is 5. The molecule has 2 N–H and O–H groups in total. The fourth-order valence-electron chi connectivity index (χ4n) is 3.59. The number of fused-ring (bicyclic) bond motifs is 1. The van der Waals surface area contributed by atoms with Crippen LogP contribution < -0.4 is 10.6 Å². The maximum Gasteiger partial charge on any atom is 0.354 e. The van der Waals surface area contributed by atoms with E-state index in [-0.39, 0.29) is 24.3 Å². The van der Waals surface area contributed by atoms with Gasteiger partial charge in [-0.05, 0) is 48.9 Å². The Morgan fingerprint density at radius 2 is 1.86 bits per heavy atom. The second-order valence-electron chi connectivity index (χ2n) is 8.31. The van der Waals surface area contributed by atoms with Gasteiger partial charge in [0.1, 0.15) is 5.69 Å². The standard InChI is InChI=1S/C26H30ClN3O5/c1-5-35-26(33)23-14-18-13-19(7-9-22(18)30(23)10-11-34-4)29-25(32)20-12-17(6-8-21(20)27)15-28-24(31)16(2)3/h6-9,12-14,16H,5,10-11,15H2,1-4H3,(H,28,31)(H,29,32). The molecule has 0 atom stereocenters. The number of carbonyl (C=O) groups is 3. The van der Waals surface area contributed by atoms with Crippen LogP contribution in [0.1, 0.15) is 47.2 Å². The molecule has 3 aromatic rings. The van der Waals surface area contributed by atoms with Crippen molar-refractivity contribution in [2.24, 2.45) is 5.92 Å². The third-order valence-corrected chi connectivity index (χ3v) is 5.76. The van der Waals surface area contributed by atoms with Crippen molar-refractivity contribution in [3.05, 3.63) is 64.3 Å². The Morgan fingerprint density at radius 1 is 1.09 bits per heavy atom. The minimum Gasteiger partial charge on any atom is -0.461 e. The topological polar surface area (TPSA) is 98.7 Å². The van der Waals surface area contributed by atoms with E-state index in [1.165, 1.54) is 0 Å². The van der Waals surface area contributed by atoms with Crippen molar-refractivity contribution >= 4 is 46.0 Å². The van der Waals surface area contributed by atoms with Gasteiger partial charge in [0.05, 0.1) is 23.8 Å². The third-order valence-electron chi connectivity index (χ3n) is 5.43. The quantitative estimate of drug-likeness (QED) is 0.396. The van der Waals surface area contributed by atoms with Crippen molar-refractivity contribution in [3.8, 4) is 0 Å². The van der Waals surface area contributed by atoms with Crippen molar-refractivity contribution in [2.75, 3.05) is 25.6 Å². The Bertz CT molecular complexity index is 1240. The first-order chi connectivity index (χ1) is 16.7. The SMILES string of the molecule is CCOC(=O)c1cc2cc(NC(=O)c3cc(CNC(=O)C(C)C)ccc3Cl)ccc2n1CCOC. The van der Waals surface area contributed by atoms with Gasteiger partial charge < -0.3 is 24.7 Å². The van der Waals surface area contributed by atoms with E-state index >= 15 is 0 Å². The minimum atomic E-state index is -0.418. The summed E-state index contributed by atoms with van der Waals surface area (Å²) in [5, 5.41) is 6.78. The minimum absolute atomic E-state index is 0.0705. The summed E-state index contributed by atoms with van der Waals surface area (Å²) in [7, 11) is 1.60. The summed E-state index contributed by atoms with van der Waals surface area (Å²) >= 11 is 6.29. The number of benzene rings is 2.